The number of carbonyl (C=O) groups is 1. The van der Waals surface area contributed by atoms with Crippen molar-refractivity contribution in [2.45, 2.75) is 13.8 Å². The molecule has 15 heavy (non-hydrogen) atoms. The third-order valence-corrected chi connectivity index (χ3v) is 3.12. The van der Waals surface area contributed by atoms with Crippen molar-refractivity contribution >= 4 is 17.1 Å². The van der Waals surface area contributed by atoms with Gasteiger partial charge in [-0.3, -0.25) is 4.79 Å². The van der Waals surface area contributed by atoms with Crippen LogP contribution in [0.3, 0.4) is 0 Å². The summed E-state index contributed by atoms with van der Waals surface area (Å²) < 4.78 is 0. The van der Waals surface area contributed by atoms with Gasteiger partial charge in [-0.1, -0.05) is 30.3 Å². The van der Waals surface area contributed by atoms with Crippen molar-refractivity contribution in [1.82, 2.24) is 4.98 Å². The summed E-state index contributed by atoms with van der Waals surface area (Å²) >= 11 is 1.56. The molecule has 0 unspecified atom stereocenters. The first kappa shape index (κ1) is 10.1. The van der Waals surface area contributed by atoms with Crippen LogP contribution in [-0.2, 0) is 0 Å². The Morgan fingerprint density at radius 2 is 1.93 bits per heavy atom. The van der Waals surface area contributed by atoms with E-state index in [0.29, 0.717) is 5.69 Å². The van der Waals surface area contributed by atoms with Crippen LogP contribution >= 0.6 is 11.3 Å². The Kier molecular flexibility index (Phi) is 2.64. The fourth-order valence-corrected chi connectivity index (χ4v) is 2.42. The largest absolute Gasteiger partial charge is 0.293 e. The van der Waals surface area contributed by atoms with E-state index in [1.54, 1.807) is 18.3 Å². The smallest absolute Gasteiger partial charge is 0.179 e. The molecular weight excluding hydrogens is 206 g/mol. The van der Waals surface area contributed by atoms with E-state index in [1.807, 2.05) is 37.3 Å². The molecule has 0 aliphatic rings. The maximum atomic E-state index is 11.4. The van der Waals surface area contributed by atoms with E-state index in [1.165, 1.54) is 0 Å². The molecule has 1 aromatic carbocycles. The van der Waals surface area contributed by atoms with Crippen molar-refractivity contribution in [3.05, 3.63) is 41.0 Å². The fourth-order valence-electron chi connectivity index (χ4n) is 1.45. The van der Waals surface area contributed by atoms with Gasteiger partial charge >= 0.3 is 0 Å². The van der Waals surface area contributed by atoms with E-state index in [-0.39, 0.29) is 5.78 Å². The van der Waals surface area contributed by atoms with Gasteiger partial charge in [-0.15, -0.1) is 11.3 Å². The van der Waals surface area contributed by atoms with Gasteiger partial charge in [-0.2, -0.15) is 0 Å². The zero-order valence-corrected chi connectivity index (χ0v) is 9.47. The molecular formula is C12H11NOS. The molecule has 2 aromatic rings. The number of benzene rings is 1. The predicted octanol–water partition coefficient (Wildman–Crippen LogP) is 3.32. The molecule has 0 spiro atoms. The number of ketones is 1. The van der Waals surface area contributed by atoms with Crippen LogP contribution in [0.1, 0.15) is 22.4 Å². The van der Waals surface area contributed by atoms with Gasteiger partial charge in [0.05, 0.1) is 9.88 Å². The summed E-state index contributed by atoms with van der Waals surface area (Å²) in [7, 11) is 0. The minimum atomic E-state index is 0.0261. The van der Waals surface area contributed by atoms with Gasteiger partial charge in [-0.25, -0.2) is 4.98 Å². The van der Waals surface area contributed by atoms with Crippen LogP contribution in [0.15, 0.2) is 30.3 Å². The SMILES string of the molecule is CC(=O)c1nc(C)sc1-c1ccccc1. The first-order valence-corrected chi connectivity index (χ1v) is 5.54. The molecule has 0 radical (unpaired) electrons. The Balaban J connectivity index is 2.58. The lowest BCUT2D eigenvalue weighted by Crippen LogP contribution is -1.94. The minimum absolute atomic E-state index is 0.0261. The van der Waals surface area contributed by atoms with Gasteiger partial charge < -0.3 is 0 Å². The summed E-state index contributed by atoms with van der Waals surface area (Å²) in [6.07, 6.45) is 0. The highest BCUT2D eigenvalue weighted by atomic mass is 32.1. The van der Waals surface area contributed by atoms with Crippen molar-refractivity contribution in [2.75, 3.05) is 0 Å². The standard InChI is InChI=1S/C12H11NOS/c1-8(14)11-12(15-9(2)13-11)10-6-4-3-5-7-10/h3-7H,1-2H3. The number of carbonyl (C=O) groups excluding carboxylic acids is 1. The van der Waals surface area contributed by atoms with Gasteiger partial charge in [0, 0.05) is 6.92 Å². The molecule has 0 N–H and O–H groups in total. The minimum Gasteiger partial charge on any atom is -0.293 e. The molecule has 3 heteroatoms. The van der Waals surface area contributed by atoms with Crippen LogP contribution in [0.4, 0.5) is 0 Å². The van der Waals surface area contributed by atoms with Crippen molar-refractivity contribution in [1.29, 1.82) is 0 Å². The van der Waals surface area contributed by atoms with E-state index in [0.717, 1.165) is 15.4 Å². The average Bonchev–Trinajstić information content (AvgIpc) is 2.62. The first-order valence-electron chi connectivity index (χ1n) is 4.72. The van der Waals surface area contributed by atoms with Crippen molar-refractivity contribution in [3.63, 3.8) is 0 Å². The van der Waals surface area contributed by atoms with Crippen LogP contribution in [0.5, 0.6) is 0 Å². The van der Waals surface area contributed by atoms with Crippen LogP contribution in [0.25, 0.3) is 10.4 Å². The molecule has 0 fully saturated rings. The summed E-state index contributed by atoms with van der Waals surface area (Å²) in [6, 6.07) is 9.90. The summed E-state index contributed by atoms with van der Waals surface area (Å²) in [4.78, 5) is 16.6. The van der Waals surface area contributed by atoms with Gasteiger partial charge in [0.1, 0.15) is 5.69 Å². The normalized spacial score (nSPS) is 10.3. The molecule has 2 nitrogen and oxygen atoms in total. The van der Waals surface area contributed by atoms with Gasteiger partial charge in [0.2, 0.25) is 0 Å². The van der Waals surface area contributed by atoms with Crippen LogP contribution in [0.2, 0.25) is 0 Å². The van der Waals surface area contributed by atoms with E-state index in [9.17, 15) is 4.79 Å². The Morgan fingerprint density at radius 3 is 2.53 bits per heavy atom. The predicted molar refractivity (Wildman–Crippen MR) is 62.3 cm³/mol. The molecule has 0 aliphatic carbocycles. The monoisotopic (exact) mass is 217 g/mol. The number of thiazole rings is 1. The molecule has 0 saturated carbocycles. The molecule has 0 saturated heterocycles. The lowest BCUT2D eigenvalue weighted by Gasteiger charge is -1.97. The highest BCUT2D eigenvalue weighted by molar-refractivity contribution is 7.15. The molecule has 0 amide bonds. The van der Waals surface area contributed by atoms with E-state index < -0.39 is 0 Å². The number of hydrogen-bond acceptors (Lipinski definition) is 3. The highest BCUT2D eigenvalue weighted by Gasteiger charge is 2.14. The fraction of sp³-hybridized carbons (Fsp3) is 0.167. The molecule has 0 atom stereocenters. The number of aromatic nitrogens is 1. The number of rotatable bonds is 2. The van der Waals surface area contributed by atoms with Gasteiger partial charge in [0.25, 0.3) is 0 Å². The Hall–Kier alpha value is -1.48. The maximum absolute atomic E-state index is 11.4. The lowest BCUT2D eigenvalue weighted by molar-refractivity contribution is 0.101. The number of nitrogens with zero attached hydrogens (tertiary/aromatic N) is 1. The third-order valence-electron chi connectivity index (χ3n) is 2.10. The van der Waals surface area contributed by atoms with Crippen molar-refractivity contribution < 1.29 is 4.79 Å². The average molecular weight is 217 g/mol. The number of hydrogen-bond donors (Lipinski definition) is 0. The summed E-state index contributed by atoms with van der Waals surface area (Å²) in [5, 5.41) is 0.930. The van der Waals surface area contributed by atoms with E-state index >= 15 is 0 Å². The maximum Gasteiger partial charge on any atom is 0.179 e. The highest BCUT2D eigenvalue weighted by Crippen LogP contribution is 2.29. The van der Waals surface area contributed by atoms with E-state index in [2.05, 4.69) is 4.98 Å². The number of aryl methyl sites for hydroxylation is 1. The zero-order valence-electron chi connectivity index (χ0n) is 8.65. The zero-order chi connectivity index (χ0) is 10.8. The molecule has 2 rings (SSSR count). The molecule has 0 aliphatic heterocycles. The molecule has 1 aromatic heterocycles. The Labute approximate surface area is 92.6 Å². The van der Waals surface area contributed by atoms with Gasteiger partial charge in [0.15, 0.2) is 5.78 Å². The van der Waals surface area contributed by atoms with Crippen LogP contribution in [0, 0.1) is 6.92 Å². The van der Waals surface area contributed by atoms with Crippen molar-refractivity contribution in [2.24, 2.45) is 0 Å². The lowest BCUT2D eigenvalue weighted by atomic mass is 10.1. The summed E-state index contributed by atoms with van der Waals surface area (Å²) in [5.41, 5.74) is 1.65. The van der Waals surface area contributed by atoms with Crippen molar-refractivity contribution in [3.8, 4) is 10.4 Å². The second-order valence-electron chi connectivity index (χ2n) is 3.33. The number of Topliss-reactive ketones (excluding diaryl/α,β-unsaturated/α-hetero) is 1. The molecule has 76 valence electrons. The molecule has 1 heterocycles. The first-order chi connectivity index (χ1) is 7.18. The van der Waals surface area contributed by atoms with Gasteiger partial charge in [-0.05, 0) is 12.5 Å². The second kappa shape index (κ2) is 3.95. The Morgan fingerprint density at radius 1 is 1.27 bits per heavy atom. The third kappa shape index (κ3) is 1.97. The topological polar surface area (TPSA) is 30.0 Å². The Bertz CT molecular complexity index is 488. The van der Waals surface area contributed by atoms with Crippen LogP contribution < -0.4 is 0 Å². The summed E-state index contributed by atoms with van der Waals surface area (Å²) in [5.74, 6) is 0.0261. The van der Waals surface area contributed by atoms with E-state index in [4.69, 9.17) is 0 Å². The summed E-state index contributed by atoms with van der Waals surface area (Å²) in [6.45, 7) is 3.48. The quantitative estimate of drug-likeness (QED) is 0.722. The second-order valence-corrected chi connectivity index (χ2v) is 4.54. The molecule has 0 bridgehead atoms. The van der Waals surface area contributed by atoms with Crippen LogP contribution in [-0.4, -0.2) is 10.8 Å².